The van der Waals surface area contributed by atoms with Crippen LogP contribution < -0.4 is 5.32 Å². The molecular formula is C16H16ClN3S. The number of thiophene rings is 1. The molecule has 0 aliphatic rings. The zero-order valence-electron chi connectivity index (χ0n) is 12.1. The Morgan fingerprint density at radius 2 is 1.86 bits per heavy atom. The summed E-state index contributed by atoms with van der Waals surface area (Å²) in [5.74, 6) is 0.803. The summed E-state index contributed by atoms with van der Waals surface area (Å²) in [6, 6.07) is 8.77. The number of hydrogen-bond donors (Lipinski definition) is 1. The lowest BCUT2D eigenvalue weighted by molar-refractivity contribution is 0.891. The van der Waals surface area contributed by atoms with Crippen LogP contribution in [-0.2, 0) is 0 Å². The summed E-state index contributed by atoms with van der Waals surface area (Å²) in [5.41, 5.74) is 3.57. The molecule has 21 heavy (non-hydrogen) atoms. The molecular weight excluding hydrogens is 302 g/mol. The largest absolute Gasteiger partial charge is 0.367 e. The molecule has 3 aromatic rings. The highest BCUT2D eigenvalue weighted by atomic mass is 35.5. The Morgan fingerprint density at radius 3 is 2.52 bits per heavy atom. The lowest BCUT2D eigenvalue weighted by Crippen LogP contribution is -2.11. The number of aromatic nitrogens is 2. The standard InChI is InChI=1S/C16H16ClN3S/c1-9(2)18-14-13-12(11-6-4-10(3)5-7-11)8-21-15(13)20-16(17)19-14/h4-9H,1-3H3,(H,18,19,20). The molecule has 0 amide bonds. The number of fused-ring (bicyclic) bond motifs is 1. The Hall–Kier alpha value is -1.65. The fourth-order valence-corrected chi connectivity index (χ4v) is 3.41. The van der Waals surface area contributed by atoms with Gasteiger partial charge in [-0.15, -0.1) is 11.3 Å². The van der Waals surface area contributed by atoms with E-state index in [4.69, 9.17) is 11.6 Å². The highest BCUT2D eigenvalue weighted by Crippen LogP contribution is 2.37. The Labute approximate surface area is 133 Å². The third-order valence-electron chi connectivity index (χ3n) is 3.19. The van der Waals surface area contributed by atoms with Crippen LogP contribution in [0, 0.1) is 6.92 Å². The van der Waals surface area contributed by atoms with Crippen molar-refractivity contribution in [2.75, 3.05) is 5.32 Å². The highest BCUT2D eigenvalue weighted by Gasteiger charge is 2.15. The summed E-state index contributed by atoms with van der Waals surface area (Å²) in [7, 11) is 0. The van der Waals surface area contributed by atoms with Gasteiger partial charge in [-0.05, 0) is 37.9 Å². The third kappa shape index (κ3) is 2.87. The van der Waals surface area contributed by atoms with Crippen molar-refractivity contribution in [1.29, 1.82) is 0 Å². The van der Waals surface area contributed by atoms with Crippen LogP contribution in [0.4, 0.5) is 5.82 Å². The van der Waals surface area contributed by atoms with Crippen LogP contribution in [0.1, 0.15) is 19.4 Å². The molecule has 3 rings (SSSR count). The Kier molecular flexibility index (Phi) is 3.83. The second-order valence-electron chi connectivity index (χ2n) is 5.34. The molecule has 0 fully saturated rings. The first kappa shape index (κ1) is 14.3. The number of anilines is 1. The minimum atomic E-state index is 0.281. The Balaban J connectivity index is 2.22. The first-order valence-electron chi connectivity index (χ1n) is 6.83. The van der Waals surface area contributed by atoms with Gasteiger partial charge in [-0.1, -0.05) is 29.8 Å². The molecule has 0 atom stereocenters. The molecule has 0 spiro atoms. The van der Waals surface area contributed by atoms with E-state index < -0.39 is 0 Å². The molecule has 0 radical (unpaired) electrons. The van der Waals surface area contributed by atoms with Crippen molar-refractivity contribution in [3.63, 3.8) is 0 Å². The minimum Gasteiger partial charge on any atom is -0.367 e. The summed E-state index contributed by atoms with van der Waals surface area (Å²) in [4.78, 5) is 9.62. The van der Waals surface area contributed by atoms with Gasteiger partial charge in [0.05, 0.1) is 5.39 Å². The molecule has 0 saturated heterocycles. The Bertz CT molecular complexity index is 778. The number of benzene rings is 1. The van der Waals surface area contributed by atoms with E-state index in [0.29, 0.717) is 0 Å². The predicted octanol–water partition coefficient (Wildman–Crippen LogP) is 5.14. The van der Waals surface area contributed by atoms with E-state index >= 15 is 0 Å². The van der Waals surface area contributed by atoms with E-state index in [0.717, 1.165) is 21.6 Å². The molecule has 5 heteroatoms. The lowest BCUT2D eigenvalue weighted by Gasteiger charge is -2.11. The molecule has 0 saturated carbocycles. The van der Waals surface area contributed by atoms with Crippen molar-refractivity contribution >= 4 is 39.0 Å². The molecule has 1 aromatic carbocycles. The smallest absolute Gasteiger partial charge is 0.225 e. The van der Waals surface area contributed by atoms with Crippen molar-refractivity contribution in [2.45, 2.75) is 26.8 Å². The number of halogens is 1. The fraction of sp³-hybridized carbons (Fsp3) is 0.250. The van der Waals surface area contributed by atoms with Crippen molar-refractivity contribution in [1.82, 2.24) is 9.97 Å². The molecule has 0 unspecified atom stereocenters. The summed E-state index contributed by atoms with van der Waals surface area (Å²) in [5, 5.41) is 6.81. The molecule has 2 heterocycles. The minimum absolute atomic E-state index is 0.281. The number of aryl methyl sites for hydroxylation is 1. The lowest BCUT2D eigenvalue weighted by atomic mass is 10.0. The van der Waals surface area contributed by atoms with Crippen LogP contribution in [0.5, 0.6) is 0 Å². The summed E-state index contributed by atoms with van der Waals surface area (Å²) in [6.07, 6.45) is 0. The van der Waals surface area contributed by atoms with Gasteiger partial charge in [-0.2, -0.15) is 0 Å². The van der Waals surface area contributed by atoms with Crippen LogP contribution in [-0.4, -0.2) is 16.0 Å². The average Bonchev–Trinajstić information content (AvgIpc) is 2.82. The molecule has 108 valence electrons. The van der Waals surface area contributed by atoms with Gasteiger partial charge in [0.1, 0.15) is 10.6 Å². The van der Waals surface area contributed by atoms with Gasteiger partial charge in [-0.25, -0.2) is 9.97 Å². The van der Waals surface area contributed by atoms with E-state index in [1.165, 1.54) is 11.1 Å². The van der Waals surface area contributed by atoms with Gasteiger partial charge in [0, 0.05) is 17.0 Å². The van der Waals surface area contributed by atoms with Crippen molar-refractivity contribution in [2.24, 2.45) is 0 Å². The molecule has 0 aliphatic carbocycles. The molecule has 1 N–H and O–H groups in total. The summed E-state index contributed by atoms with van der Waals surface area (Å²) >= 11 is 7.62. The highest BCUT2D eigenvalue weighted by molar-refractivity contribution is 7.17. The van der Waals surface area contributed by atoms with Crippen molar-refractivity contribution in [3.05, 3.63) is 40.5 Å². The Morgan fingerprint density at radius 1 is 1.14 bits per heavy atom. The first-order chi connectivity index (χ1) is 10.0. The van der Waals surface area contributed by atoms with Gasteiger partial charge in [-0.3, -0.25) is 0 Å². The first-order valence-corrected chi connectivity index (χ1v) is 8.08. The second-order valence-corrected chi connectivity index (χ2v) is 6.53. The number of nitrogens with zero attached hydrogens (tertiary/aromatic N) is 2. The summed E-state index contributed by atoms with van der Waals surface area (Å²) < 4.78 is 0. The predicted molar refractivity (Wildman–Crippen MR) is 91.4 cm³/mol. The molecule has 3 nitrogen and oxygen atoms in total. The van der Waals surface area contributed by atoms with Gasteiger partial charge in [0.2, 0.25) is 5.28 Å². The number of nitrogens with one attached hydrogen (secondary N) is 1. The van der Waals surface area contributed by atoms with Crippen molar-refractivity contribution in [3.8, 4) is 11.1 Å². The van der Waals surface area contributed by atoms with E-state index in [2.05, 4.69) is 65.7 Å². The number of hydrogen-bond acceptors (Lipinski definition) is 4. The van der Waals surface area contributed by atoms with E-state index in [1.54, 1.807) is 11.3 Å². The topological polar surface area (TPSA) is 37.8 Å². The zero-order valence-corrected chi connectivity index (χ0v) is 13.7. The van der Waals surface area contributed by atoms with Crippen LogP contribution in [0.15, 0.2) is 29.6 Å². The maximum Gasteiger partial charge on any atom is 0.225 e. The van der Waals surface area contributed by atoms with E-state index in [9.17, 15) is 0 Å². The molecule has 2 aromatic heterocycles. The monoisotopic (exact) mass is 317 g/mol. The normalized spacial score (nSPS) is 11.3. The molecule has 0 bridgehead atoms. The van der Waals surface area contributed by atoms with E-state index in [-0.39, 0.29) is 11.3 Å². The van der Waals surface area contributed by atoms with Crippen LogP contribution in [0.3, 0.4) is 0 Å². The van der Waals surface area contributed by atoms with Crippen LogP contribution in [0.25, 0.3) is 21.3 Å². The fourth-order valence-electron chi connectivity index (χ4n) is 2.24. The summed E-state index contributed by atoms with van der Waals surface area (Å²) in [6.45, 7) is 6.25. The average molecular weight is 318 g/mol. The zero-order chi connectivity index (χ0) is 15.0. The van der Waals surface area contributed by atoms with Crippen LogP contribution in [0.2, 0.25) is 5.28 Å². The van der Waals surface area contributed by atoms with Gasteiger partial charge in [0.15, 0.2) is 0 Å². The second kappa shape index (κ2) is 5.62. The third-order valence-corrected chi connectivity index (χ3v) is 4.24. The van der Waals surface area contributed by atoms with E-state index in [1.807, 2.05) is 0 Å². The van der Waals surface area contributed by atoms with Crippen LogP contribution >= 0.6 is 22.9 Å². The van der Waals surface area contributed by atoms with Gasteiger partial charge in [0.25, 0.3) is 0 Å². The maximum absolute atomic E-state index is 6.03. The SMILES string of the molecule is Cc1ccc(-c2csc3nc(Cl)nc(NC(C)C)c23)cc1. The van der Waals surface area contributed by atoms with Gasteiger partial charge < -0.3 is 5.32 Å². The van der Waals surface area contributed by atoms with Gasteiger partial charge >= 0.3 is 0 Å². The number of rotatable bonds is 3. The maximum atomic E-state index is 6.03. The van der Waals surface area contributed by atoms with Crippen molar-refractivity contribution < 1.29 is 0 Å². The quantitative estimate of drug-likeness (QED) is 0.680. The molecule has 0 aliphatic heterocycles.